The average Bonchev–Trinajstić information content (AvgIpc) is 2.44. The topological polar surface area (TPSA) is 39.7 Å². The molecule has 0 saturated heterocycles. The van der Waals surface area contributed by atoms with Crippen molar-refractivity contribution in [3.8, 4) is 0 Å². The highest BCUT2D eigenvalue weighted by Crippen LogP contribution is 2.14. The molecule has 0 aliphatic carbocycles. The third-order valence-electron chi connectivity index (χ3n) is 3.12. The lowest BCUT2D eigenvalue weighted by atomic mass is 10.1. The van der Waals surface area contributed by atoms with Crippen LogP contribution in [0.2, 0.25) is 0 Å². The molecular formula is C16H25F3N4. The quantitative estimate of drug-likeness (QED) is 0.596. The number of aliphatic imine (C=N–C) groups is 1. The third-order valence-corrected chi connectivity index (χ3v) is 3.12. The van der Waals surface area contributed by atoms with Crippen LogP contribution < -0.4 is 10.6 Å². The van der Waals surface area contributed by atoms with E-state index in [-0.39, 0.29) is 6.54 Å². The number of halogens is 3. The van der Waals surface area contributed by atoms with Gasteiger partial charge in [-0.15, -0.1) is 0 Å². The van der Waals surface area contributed by atoms with Gasteiger partial charge in [0.05, 0.1) is 13.1 Å². The van der Waals surface area contributed by atoms with Gasteiger partial charge in [-0.1, -0.05) is 29.8 Å². The lowest BCUT2D eigenvalue weighted by Gasteiger charge is -2.19. The first kappa shape index (κ1) is 19.3. The van der Waals surface area contributed by atoms with E-state index in [2.05, 4.69) is 15.6 Å². The number of nitrogens with one attached hydrogen (secondary N) is 2. The van der Waals surface area contributed by atoms with Gasteiger partial charge in [-0.3, -0.25) is 4.90 Å². The Hall–Kier alpha value is -1.76. The molecular weight excluding hydrogens is 305 g/mol. The smallest absolute Gasteiger partial charge is 0.357 e. The molecule has 0 aromatic heterocycles. The van der Waals surface area contributed by atoms with Gasteiger partial charge in [0.1, 0.15) is 0 Å². The van der Waals surface area contributed by atoms with Crippen molar-refractivity contribution < 1.29 is 13.2 Å². The van der Waals surface area contributed by atoms with E-state index in [4.69, 9.17) is 0 Å². The van der Waals surface area contributed by atoms with E-state index in [1.54, 1.807) is 0 Å². The van der Waals surface area contributed by atoms with Crippen molar-refractivity contribution in [1.82, 2.24) is 15.5 Å². The number of guanidine groups is 1. The van der Waals surface area contributed by atoms with Gasteiger partial charge in [-0.25, -0.2) is 4.99 Å². The minimum absolute atomic E-state index is 0.286. The molecule has 2 N–H and O–H groups in total. The number of nitrogens with zero attached hydrogens (tertiary/aromatic N) is 2. The molecule has 0 spiro atoms. The van der Waals surface area contributed by atoms with Gasteiger partial charge in [0, 0.05) is 19.6 Å². The zero-order valence-corrected chi connectivity index (χ0v) is 13.9. The molecule has 0 fully saturated rings. The Morgan fingerprint density at radius 1 is 1.17 bits per heavy atom. The monoisotopic (exact) mass is 330 g/mol. The van der Waals surface area contributed by atoms with E-state index in [1.165, 1.54) is 17.5 Å². The van der Waals surface area contributed by atoms with Crippen molar-refractivity contribution in [1.29, 1.82) is 0 Å². The fourth-order valence-corrected chi connectivity index (χ4v) is 1.96. The number of likely N-dealkylation sites (N-methyl/N-ethyl adjacent to an activating group) is 1. The Balaban J connectivity index is 2.44. The Bertz CT molecular complexity index is 483. The van der Waals surface area contributed by atoms with Crippen LogP contribution in [0.25, 0.3) is 0 Å². The van der Waals surface area contributed by atoms with Crippen LogP contribution >= 0.6 is 0 Å². The Kier molecular flexibility index (Phi) is 7.88. The molecule has 1 aromatic rings. The molecule has 0 radical (unpaired) electrons. The molecule has 0 unspecified atom stereocenters. The van der Waals surface area contributed by atoms with E-state index in [0.717, 1.165) is 5.56 Å². The van der Waals surface area contributed by atoms with Crippen molar-refractivity contribution in [2.24, 2.45) is 4.99 Å². The second-order valence-corrected chi connectivity index (χ2v) is 5.46. The van der Waals surface area contributed by atoms with Crippen LogP contribution in [-0.4, -0.2) is 50.3 Å². The lowest BCUT2D eigenvalue weighted by molar-refractivity contribution is -0.142. The summed E-state index contributed by atoms with van der Waals surface area (Å²) < 4.78 is 36.8. The van der Waals surface area contributed by atoms with Crippen LogP contribution in [0.15, 0.2) is 29.3 Å². The van der Waals surface area contributed by atoms with Gasteiger partial charge < -0.3 is 10.6 Å². The molecule has 1 aromatic carbocycles. The van der Waals surface area contributed by atoms with Crippen LogP contribution in [0.4, 0.5) is 13.2 Å². The minimum Gasteiger partial charge on any atom is -0.357 e. The number of hydrogen-bond acceptors (Lipinski definition) is 2. The normalized spacial score (nSPS) is 12.6. The first-order valence-electron chi connectivity index (χ1n) is 7.63. The Morgan fingerprint density at radius 3 is 2.39 bits per heavy atom. The highest BCUT2D eigenvalue weighted by atomic mass is 19.4. The zero-order valence-electron chi connectivity index (χ0n) is 13.9. The average molecular weight is 330 g/mol. The predicted octanol–water partition coefficient (Wildman–Crippen LogP) is 2.54. The molecule has 7 heteroatoms. The highest BCUT2D eigenvalue weighted by molar-refractivity contribution is 5.79. The number of aryl methyl sites for hydroxylation is 1. The molecule has 0 bridgehead atoms. The highest BCUT2D eigenvalue weighted by Gasteiger charge is 2.28. The second-order valence-electron chi connectivity index (χ2n) is 5.46. The fourth-order valence-electron chi connectivity index (χ4n) is 1.96. The summed E-state index contributed by atoms with van der Waals surface area (Å²) in [6.07, 6.45) is -4.17. The maximum absolute atomic E-state index is 12.3. The summed E-state index contributed by atoms with van der Waals surface area (Å²) in [7, 11) is 1.45. The van der Waals surface area contributed by atoms with Crippen molar-refractivity contribution in [2.75, 3.05) is 33.2 Å². The van der Waals surface area contributed by atoms with E-state index >= 15 is 0 Å². The maximum Gasteiger partial charge on any atom is 0.401 e. The molecule has 1 rings (SSSR count). The summed E-state index contributed by atoms with van der Waals surface area (Å²) in [6, 6.07) is 8.08. The Labute approximate surface area is 135 Å². The van der Waals surface area contributed by atoms with E-state index in [0.29, 0.717) is 25.6 Å². The van der Waals surface area contributed by atoms with Gasteiger partial charge in [-0.2, -0.15) is 13.2 Å². The van der Waals surface area contributed by atoms with Crippen molar-refractivity contribution in [2.45, 2.75) is 26.6 Å². The lowest BCUT2D eigenvalue weighted by Crippen LogP contribution is -2.42. The molecule has 0 aliphatic rings. The molecule has 130 valence electrons. The summed E-state index contributed by atoms with van der Waals surface area (Å²) in [5.41, 5.74) is 2.28. The summed E-state index contributed by atoms with van der Waals surface area (Å²) in [5, 5.41) is 6.13. The number of hydrogen-bond donors (Lipinski definition) is 2. The summed E-state index contributed by atoms with van der Waals surface area (Å²) >= 11 is 0. The van der Waals surface area contributed by atoms with E-state index < -0.39 is 12.7 Å². The molecule has 0 saturated carbocycles. The first-order valence-corrected chi connectivity index (χ1v) is 7.63. The van der Waals surface area contributed by atoms with Gasteiger partial charge >= 0.3 is 6.18 Å². The number of benzene rings is 1. The largest absolute Gasteiger partial charge is 0.401 e. The second kappa shape index (κ2) is 9.39. The van der Waals surface area contributed by atoms with Crippen molar-refractivity contribution in [3.63, 3.8) is 0 Å². The number of alkyl halides is 3. The summed E-state index contributed by atoms with van der Waals surface area (Å²) in [5.74, 6) is 0.605. The molecule has 0 heterocycles. The molecule has 4 nitrogen and oxygen atoms in total. The summed E-state index contributed by atoms with van der Waals surface area (Å²) in [4.78, 5) is 5.67. The van der Waals surface area contributed by atoms with Crippen LogP contribution in [0.5, 0.6) is 0 Å². The van der Waals surface area contributed by atoms with Crippen LogP contribution in [0.1, 0.15) is 18.1 Å². The van der Waals surface area contributed by atoms with Crippen molar-refractivity contribution in [3.05, 3.63) is 35.4 Å². The van der Waals surface area contributed by atoms with Gasteiger partial charge in [0.25, 0.3) is 0 Å². The zero-order chi connectivity index (χ0) is 17.3. The Morgan fingerprint density at radius 2 is 1.83 bits per heavy atom. The van der Waals surface area contributed by atoms with Crippen LogP contribution in [0, 0.1) is 6.92 Å². The molecule has 0 amide bonds. The first-order chi connectivity index (χ1) is 10.8. The fraction of sp³-hybridized carbons (Fsp3) is 0.562. The number of rotatable bonds is 7. The van der Waals surface area contributed by atoms with Crippen LogP contribution in [0.3, 0.4) is 0 Å². The predicted molar refractivity (Wildman–Crippen MR) is 87.5 cm³/mol. The third kappa shape index (κ3) is 9.07. The van der Waals surface area contributed by atoms with Gasteiger partial charge in [0.15, 0.2) is 5.96 Å². The maximum atomic E-state index is 12.3. The van der Waals surface area contributed by atoms with Gasteiger partial charge in [-0.05, 0) is 26.5 Å². The van der Waals surface area contributed by atoms with Crippen molar-refractivity contribution >= 4 is 5.96 Å². The van der Waals surface area contributed by atoms with Gasteiger partial charge in [0.2, 0.25) is 0 Å². The minimum atomic E-state index is -4.17. The van der Waals surface area contributed by atoms with E-state index in [9.17, 15) is 13.2 Å². The van der Waals surface area contributed by atoms with E-state index in [1.807, 2.05) is 38.1 Å². The standard InChI is InChI=1S/C16H25F3N4/c1-4-20-15(21-9-10-23(3)12-16(17,18)19)22-11-14-7-5-13(2)6-8-14/h5-8H,4,9-12H2,1-3H3,(H2,20,21,22). The summed E-state index contributed by atoms with van der Waals surface area (Å²) in [6.45, 7) is 4.95. The molecule has 23 heavy (non-hydrogen) atoms. The molecule has 0 aliphatic heterocycles. The molecule has 0 atom stereocenters. The van der Waals surface area contributed by atoms with Crippen LogP contribution in [-0.2, 0) is 6.54 Å². The SMILES string of the molecule is CCNC(=NCc1ccc(C)cc1)NCCN(C)CC(F)(F)F.